The van der Waals surface area contributed by atoms with Crippen LogP contribution in [-0.2, 0) is 0 Å². The van der Waals surface area contributed by atoms with Gasteiger partial charge in [0.25, 0.3) is 0 Å². The Morgan fingerprint density at radius 3 is 2.08 bits per heavy atom. The van der Waals surface area contributed by atoms with Crippen LogP contribution in [0.3, 0.4) is 0 Å². The predicted octanol–water partition coefficient (Wildman–Crippen LogP) is 2.00. The van der Waals surface area contributed by atoms with Crippen LogP contribution >= 0.6 is 34.8 Å². The molecule has 1 aromatic carbocycles. The van der Waals surface area contributed by atoms with E-state index in [2.05, 4.69) is 4.65 Å². The topological polar surface area (TPSA) is 49.7 Å². The minimum atomic E-state index is -1.94. The van der Waals surface area contributed by atoms with Crippen molar-refractivity contribution in [2.24, 2.45) is 0 Å². The van der Waals surface area contributed by atoms with Gasteiger partial charge in [-0.3, -0.25) is 0 Å². The Morgan fingerprint density at radius 2 is 1.54 bits per heavy atom. The molecule has 0 unspecified atom stereocenters. The van der Waals surface area contributed by atoms with Gasteiger partial charge >= 0.3 is 7.32 Å². The first-order chi connectivity index (χ1) is 6.00. The van der Waals surface area contributed by atoms with E-state index in [0.29, 0.717) is 0 Å². The zero-order valence-electron chi connectivity index (χ0n) is 6.17. The standard InChI is InChI=1S/C6H4BCl3O3/c8-3-1-5(10)6(2-4(3)9)13-7(11)12/h1-2,11-12H. The van der Waals surface area contributed by atoms with Crippen molar-refractivity contribution in [3.05, 3.63) is 27.2 Å². The molecular weight excluding hydrogens is 237 g/mol. The van der Waals surface area contributed by atoms with Crippen LogP contribution in [0.15, 0.2) is 12.1 Å². The summed E-state index contributed by atoms with van der Waals surface area (Å²) < 4.78 is 4.52. The highest BCUT2D eigenvalue weighted by atomic mass is 35.5. The number of hydrogen-bond acceptors (Lipinski definition) is 3. The molecular formula is C6H4BCl3O3. The monoisotopic (exact) mass is 240 g/mol. The third-order valence-electron chi connectivity index (χ3n) is 1.21. The van der Waals surface area contributed by atoms with Crippen LogP contribution in [0, 0.1) is 0 Å². The Kier molecular flexibility index (Phi) is 3.70. The second-order valence-electron chi connectivity index (χ2n) is 2.14. The first-order valence-electron chi connectivity index (χ1n) is 3.18. The maximum Gasteiger partial charge on any atom is 0.707 e. The number of halogens is 3. The first kappa shape index (κ1) is 11.0. The van der Waals surface area contributed by atoms with E-state index in [4.69, 9.17) is 44.9 Å². The van der Waals surface area contributed by atoms with E-state index in [1.807, 2.05) is 0 Å². The molecule has 0 aromatic heterocycles. The second-order valence-corrected chi connectivity index (χ2v) is 3.36. The smallest absolute Gasteiger partial charge is 0.511 e. The highest BCUT2D eigenvalue weighted by Crippen LogP contribution is 2.33. The maximum atomic E-state index is 8.49. The van der Waals surface area contributed by atoms with Crippen LogP contribution in [0.4, 0.5) is 0 Å². The van der Waals surface area contributed by atoms with E-state index in [0.717, 1.165) is 0 Å². The van der Waals surface area contributed by atoms with Gasteiger partial charge in [0, 0.05) is 6.07 Å². The SMILES string of the molecule is OB(O)Oc1cc(Cl)c(Cl)cc1Cl. The van der Waals surface area contributed by atoms with Gasteiger partial charge < -0.3 is 14.7 Å². The third kappa shape index (κ3) is 2.93. The van der Waals surface area contributed by atoms with Crippen molar-refractivity contribution in [1.29, 1.82) is 0 Å². The fraction of sp³-hybridized carbons (Fsp3) is 0. The summed E-state index contributed by atoms with van der Waals surface area (Å²) in [6, 6.07) is 2.65. The van der Waals surface area contributed by atoms with Crippen LogP contribution in [0.1, 0.15) is 0 Å². The zero-order valence-corrected chi connectivity index (χ0v) is 8.44. The molecule has 0 fully saturated rings. The lowest BCUT2D eigenvalue weighted by molar-refractivity contribution is 0.288. The average molecular weight is 241 g/mol. The molecule has 0 saturated heterocycles. The normalized spacial score (nSPS) is 9.92. The number of benzene rings is 1. The molecule has 0 atom stereocenters. The Morgan fingerprint density at radius 1 is 1.00 bits per heavy atom. The lowest BCUT2D eigenvalue weighted by Gasteiger charge is -2.07. The Hall–Kier alpha value is -0.125. The molecule has 7 heteroatoms. The molecule has 0 aliphatic carbocycles. The highest BCUT2D eigenvalue weighted by Gasteiger charge is 2.15. The molecule has 13 heavy (non-hydrogen) atoms. The van der Waals surface area contributed by atoms with Crippen LogP contribution in [0.5, 0.6) is 5.75 Å². The van der Waals surface area contributed by atoms with Crippen molar-refractivity contribution in [2.45, 2.75) is 0 Å². The van der Waals surface area contributed by atoms with Gasteiger partial charge in [-0.25, -0.2) is 0 Å². The molecule has 0 aliphatic heterocycles. The van der Waals surface area contributed by atoms with E-state index in [9.17, 15) is 0 Å². The van der Waals surface area contributed by atoms with Crippen LogP contribution < -0.4 is 4.65 Å². The minimum Gasteiger partial charge on any atom is -0.511 e. The molecule has 0 radical (unpaired) electrons. The summed E-state index contributed by atoms with van der Waals surface area (Å²) in [6.07, 6.45) is 0. The van der Waals surface area contributed by atoms with Crippen LogP contribution in [0.25, 0.3) is 0 Å². The second kappa shape index (κ2) is 4.40. The van der Waals surface area contributed by atoms with Crippen LogP contribution in [0.2, 0.25) is 15.1 Å². The number of hydrogen-bond donors (Lipinski definition) is 2. The fourth-order valence-electron chi connectivity index (χ4n) is 0.708. The van der Waals surface area contributed by atoms with E-state index >= 15 is 0 Å². The maximum absolute atomic E-state index is 8.49. The molecule has 70 valence electrons. The molecule has 1 rings (SSSR count). The summed E-state index contributed by atoms with van der Waals surface area (Å²) in [5.74, 6) is 0.0612. The fourth-order valence-corrected chi connectivity index (χ4v) is 1.29. The Labute approximate surface area is 90.0 Å². The average Bonchev–Trinajstić information content (AvgIpc) is 1.99. The molecule has 0 bridgehead atoms. The summed E-state index contributed by atoms with van der Waals surface area (Å²) in [5, 5.41) is 17.6. The molecule has 0 amide bonds. The summed E-state index contributed by atoms with van der Waals surface area (Å²) in [5.41, 5.74) is 0. The van der Waals surface area contributed by atoms with Gasteiger partial charge in [-0.1, -0.05) is 34.8 Å². The van der Waals surface area contributed by atoms with E-state index in [-0.39, 0.29) is 20.8 Å². The van der Waals surface area contributed by atoms with Crippen molar-refractivity contribution in [3.8, 4) is 5.75 Å². The van der Waals surface area contributed by atoms with E-state index in [1.54, 1.807) is 0 Å². The van der Waals surface area contributed by atoms with Crippen molar-refractivity contribution in [1.82, 2.24) is 0 Å². The minimum absolute atomic E-state index is 0.0612. The van der Waals surface area contributed by atoms with Gasteiger partial charge in [0.2, 0.25) is 0 Å². The van der Waals surface area contributed by atoms with Crippen molar-refractivity contribution in [3.63, 3.8) is 0 Å². The predicted molar refractivity (Wildman–Crippen MR) is 52.3 cm³/mol. The molecule has 0 spiro atoms. The van der Waals surface area contributed by atoms with E-state index < -0.39 is 7.32 Å². The highest BCUT2D eigenvalue weighted by molar-refractivity contribution is 6.44. The summed E-state index contributed by atoms with van der Waals surface area (Å²) in [7, 11) is -1.94. The Balaban J connectivity index is 3.01. The Bertz CT molecular complexity index is 318. The third-order valence-corrected chi connectivity index (χ3v) is 2.22. The zero-order chi connectivity index (χ0) is 10.0. The summed E-state index contributed by atoms with van der Waals surface area (Å²) >= 11 is 16.9. The molecule has 0 aliphatic rings. The van der Waals surface area contributed by atoms with Gasteiger partial charge in [0.05, 0.1) is 15.1 Å². The molecule has 3 nitrogen and oxygen atoms in total. The lowest BCUT2D eigenvalue weighted by Crippen LogP contribution is -2.20. The van der Waals surface area contributed by atoms with Crippen molar-refractivity contribution in [2.75, 3.05) is 0 Å². The van der Waals surface area contributed by atoms with Gasteiger partial charge in [0.15, 0.2) is 0 Å². The van der Waals surface area contributed by atoms with Gasteiger partial charge in [-0.15, -0.1) is 0 Å². The van der Waals surface area contributed by atoms with Crippen LogP contribution in [-0.4, -0.2) is 17.4 Å². The number of rotatable bonds is 2. The lowest BCUT2D eigenvalue weighted by atomic mass is 10.2. The largest absolute Gasteiger partial charge is 0.707 e. The molecule has 0 saturated carbocycles. The summed E-state index contributed by atoms with van der Waals surface area (Å²) in [6.45, 7) is 0. The van der Waals surface area contributed by atoms with Crippen molar-refractivity contribution < 1.29 is 14.7 Å². The van der Waals surface area contributed by atoms with E-state index in [1.165, 1.54) is 12.1 Å². The van der Waals surface area contributed by atoms with Gasteiger partial charge in [0.1, 0.15) is 5.75 Å². The quantitative estimate of drug-likeness (QED) is 0.615. The first-order valence-corrected chi connectivity index (χ1v) is 4.31. The molecule has 2 N–H and O–H groups in total. The summed E-state index contributed by atoms with van der Waals surface area (Å²) in [4.78, 5) is 0. The van der Waals surface area contributed by atoms with Gasteiger partial charge in [-0.05, 0) is 6.07 Å². The molecule has 1 aromatic rings. The van der Waals surface area contributed by atoms with Crippen molar-refractivity contribution >= 4 is 42.1 Å². The van der Waals surface area contributed by atoms with Gasteiger partial charge in [-0.2, -0.15) is 0 Å². The molecule has 0 heterocycles.